The van der Waals surface area contributed by atoms with Crippen LogP contribution in [0.15, 0.2) is 0 Å². The number of rotatable bonds is 4. The van der Waals surface area contributed by atoms with Crippen molar-refractivity contribution in [2.24, 2.45) is 17.6 Å². The summed E-state index contributed by atoms with van der Waals surface area (Å²) >= 11 is 2.12. The third-order valence-corrected chi connectivity index (χ3v) is 5.04. The van der Waals surface area contributed by atoms with Crippen molar-refractivity contribution in [3.05, 3.63) is 0 Å². The van der Waals surface area contributed by atoms with Gasteiger partial charge in [-0.05, 0) is 31.3 Å². The minimum absolute atomic E-state index is 0.463. The van der Waals surface area contributed by atoms with Gasteiger partial charge in [-0.1, -0.05) is 27.7 Å². The molecular weight excluding hydrogens is 216 g/mol. The molecule has 1 fully saturated rings. The summed E-state index contributed by atoms with van der Waals surface area (Å²) in [4.78, 5) is 2.61. The lowest BCUT2D eigenvalue weighted by Crippen LogP contribution is -2.37. The molecule has 0 spiro atoms. The van der Waals surface area contributed by atoms with Gasteiger partial charge in [-0.3, -0.25) is 0 Å². The predicted molar refractivity (Wildman–Crippen MR) is 75.0 cm³/mol. The first-order valence-corrected chi connectivity index (χ1v) is 7.49. The maximum Gasteiger partial charge on any atom is 0.0116 e. The van der Waals surface area contributed by atoms with Gasteiger partial charge in [0.1, 0.15) is 0 Å². The topological polar surface area (TPSA) is 29.3 Å². The summed E-state index contributed by atoms with van der Waals surface area (Å²) in [5.74, 6) is 2.63. The zero-order valence-electron chi connectivity index (χ0n) is 11.3. The Labute approximate surface area is 105 Å². The molecule has 2 N–H and O–H groups in total. The number of hydrogen-bond acceptors (Lipinski definition) is 3. The van der Waals surface area contributed by atoms with Crippen LogP contribution in [0.1, 0.15) is 34.1 Å². The van der Waals surface area contributed by atoms with E-state index in [9.17, 15) is 0 Å². The molecule has 1 aliphatic rings. The predicted octanol–water partition coefficient (Wildman–Crippen LogP) is 2.43. The molecule has 0 saturated carbocycles. The number of hydrogen-bond donors (Lipinski definition) is 1. The van der Waals surface area contributed by atoms with Crippen LogP contribution in [0.4, 0.5) is 0 Å². The molecule has 2 nitrogen and oxygen atoms in total. The molecule has 0 aromatic heterocycles. The lowest BCUT2D eigenvalue weighted by molar-refractivity contribution is 0.212. The molecule has 1 saturated heterocycles. The third kappa shape index (κ3) is 4.64. The van der Waals surface area contributed by atoms with E-state index in [0.717, 1.165) is 6.54 Å². The highest BCUT2D eigenvalue weighted by Gasteiger charge is 2.25. The highest BCUT2D eigenvalue weighted by Crippen LogP contribution is 2.31. The van der Waals surface area contributed by atoms with Crippen LogP contribution in [0, 0.1) is 11.8 Å². The van der Waals surface area contributed by atoms with E-state index in [0.29, 0.717) is 16.6 Å². The maximum atomic E-state index is 5.85. The minimum atomic E-state index is 0.463. The Morgan fingerprint density at radius 3 is 2.56 bits per heavy atom. The van der Waals surface area contributed by atoms with Crippen LogP contribution in [0.3, 0.4) is 0 Å². The van der Waals surface area contributed by atoms with Crippen molar-refractivity contribution in [2.45, 2.75) is 38.9 Å². The van der Waals surface area contributed by atoms with Gasteiger partial charge in [0.15, 0.2) is 0 Å². The first kappa shape index (κ1) is 14.3. The number of nitrogens with two attached hydrogens (primary N) is 1. The van der Waals surface area contributed by atoms with E-state index in [1.807, 2.05) is 0 Å². The van der Waals surface area contributed by atoms with Crippen molar-refractivity contribution in [3.63, 3.8) is 0 Å². The Morgan fingerprint density at radius 2 is 2.00 bits per heavy atom. The van der Waals surface area contributed by atoms with Crippen LogP contribution in [0.2, 0.25) is 0 Å². The summed E-state index contributed by atoms with van der Waals surface area (Å²) in [6, 6.07) is 0. The molecule has 0 bridgehead atoms. The molecule has 1 aliphatic heterocycles. The van der Waals surface area contributed by atoms with E-state index in [1.54, 1.807) is 0 Å². The van der Waals surface area contributed by atoms with Crippen LogP contribution in [-0.4, -0.2) is 41.6 Å². The molecule has 0 aromatic rings. The molecule has 0 aliphatic carbocycles. The smallest absolute Gasteiger partial charge is 0.0116 e. The standard InChI is InChI=1S/C13H28N2S/c1-11(2)12(9-14)10-15-6-5-13(3,4)16-8-7-15/h11-12H,5-10,14H2,1-4H3. The second kappa shape index (κ2) is 6.27. The maximum absolute atomic E-state index is 5.85. The van der Waals surface area contributed by atoms with E-state index >= 15 is 0 Å². The second-order valence-corrected chi connectivity index (χ2v) is 7.70. The second-order valence-electron chi connectivity index (χ2n) is 5.90. The average molecular weight is 244 g/mol. The van der Waals surface area contributed by atoms with Crippen LogP contribution < -0.4 is 5.73 Å². The molecule has 96 valence electrons. The SMILES string of the molecule is CC(C)C(CN)CN1CCSC(C)(C)CC1. The Hall–Kier alpha value is 0.270. The number of nitrogens with zero attached hydrogens (tertiary/aromatic N) is 1. The third-order valence-electron chi connectivity index (χ3n) is 3.67. The summed E-state index contributed by atoms with van der Waals surface area (Å²) in [5.41, 5.74) is 5.85. The fraction of sp³-hybridized carbons (Fsp3) is 1.00. The lowest BCUT2D eigenvalue weighted by Gasteiger charge is -2.28. The van der Waals surface area contributed by atoms with Crippen molar-refractivity contribution in [3.8, 4) is 0 Å². The Morgan fingerprint density at radius 1 is 1.31 bits per heavy atom. The lowest BCUT2D eigenvalue weighted by atomic mass is 9.95. The molecule has 1 atom stereocenters. The first-order valence-electron chi connectivity index (χ1n) is 6.51. The molecular formula is C13H28N2S. The van der Waals surface area contributed by atoms with Crippen LogP contribution in [0.25, 0.3) is 0 Å². The minimum Gasteiger partial charge on any atom is -0.330 e. The van der Waals surface area contributed by atoms with E-state index in [4.69, 9.17) is 5.73 Å². The van der Waals surface area contributed by atoms with Gasteiger partial charge in [-0.25, -0.2) is 0 Å². The van der Waals surface area contributed by atoms with E-state index in [-0.39, 0.29) is 0 Å². The van der Waals surface area contributed by atoms with Gasteiger partial charge in [0.05, 0.1) is 0 Å². The zero-order chi connectivity index (χ0) is 12.2. The molecule has 0 amide bonds. The molecule has 0 aromatic carbocycles. The summed E-state index contributed by atoms with van der Waals surface area (Å²) < 4.78 is 0.463. The highest BCUT2D eigenvalue weighted by atomic mass is 32.2. The van der Waals surface area contributed by atoms with E-state index < -0.39 is 0 Å². The Bertz CT molecular complexity index is 204. The van der Waals surface area contributed by atoms with Crippen molar-refractivity contribution >= 4 is 11.8 Å². The van der Waals surface area contributed by atoms with Crippen LogP contribution in [-0.2, 0) is 0 Å². The molecule has 3 heteroatoms. The van der Waals surface area contributed by atoms with Crippen LogP contribution in [0.5, 0.6) is 0 Å². The van der Waals surface area contributed by atoms with Gasteiger partial charge >= 0.3 is 0 Å². The van der Waals surface area contributed by atoms with Crippen molar-refractivity contribution < 1.29 is 0 Å². The normalized spacial score (nSPS) is 24.4. The monoisotopic (exact) mass is 244 g/mol. The summed E-state index contributed by atoms with van der Waals surface area (Å²) in [5, 5.41) is 0. The van der Waals surface area contributed by atoms with Gasteiger partial charge in [-0.15, -0.1) is 0 Å². The fourth-order valence-corrected chi connectivity index (χ4v) is 3.27. The number of thioether (sulfide) groups is 1. The molecule has 1 unspecified atom stereocenters. The Balaban J connectivity index is 2.43. The van der Waals surface area contributed by atoms with Gasteiger partial charge in [-0.2, -0.15) is 11.8 Å². The molecule has 0 radical (unpaired) electrons. The quantitative estimate of drug-likeness (QED) is 0.823. The molecule has 1 heterocycles. The van der Waals surface area contributed by atoms with E-state index in [1.165, 1.54) is 31.8 Å². The van der Waals surface area contributed by atoms with Crippen LogP contribution >= 0.6 is 11.8 Å². The fourth-order valence-electron chi connectivity index (χ4n) is 2.13. The molecule has 1 rings (SSSR count). The average Bonchev–Trinajstić information content (AvgIpc) is 2.36. The van der Waals surface area contributed by atoms with Gasteiger partial charge < -0.3 is 10.6 Å². The summed E-state index contributed by atoms with van der Waals surface area (Å²) in [7, 11) is 0. The van der Waals surface area contributed by atoms with Gasteiger partial charge in [0.25, 0.3) is 0 Å². The van der Waals surface area contributed by atoms with Crippen molar-refractivity contribution in [2.75, 3.05) is 31.9 Å². The highest BCUT2D eigenvalue weighted by molar-refractivity contribution is 8.00. The summed E-state index contributed by atoms with van der Waals surface area (Å²) in [6.45, 7) is 13.8. The zero-order valence-corrected chi connectivity index (χ0v) is 12.1. The van der Waals surface area contributed by atoms with Gasteiger partial charge in [0, 0.05) is 23.6 Å². The summed E-state index contributed by atoms with van der Waals surface area (Å²) in [6.07, 6.45) is 1.30. The van der Waals surface area contributed by atoms with Crippen molar-refractivity contribution in [1.82, 2.24) is 4.90 Å². The molecule has 16 heavy (non-hydrogen) atoms. The van der Waals surface area contributed by atoms with E-state index in [2.05, 4.69) is 44.4 Å². The largest absolute Gasteiger partial charge is 0.330 e. The first-order chi connectivity index (χ1) is 7.44. The Kier molecular flexibility index (Phi) is 5.62. The van der Waals surface area contributed by atoms with Gasteiger partial charge in [0.2, 0.25) is 0 Å². The van der Waals surface area contributed by atoms with Crippen molar-refractivity contribution in [1.29, 1.82) is 0 Å².